The number of aromatic carboxylic acids is 1. The average Bonchev–Trinajstić information content (AvgIpc) is 2.32. The van der Waals surface area contributed by atoms with Crippen molar-refractivity contribution in [1.29, 1.82) is 0 Å². The molecular formula is C4H3N3O4. The van der Waals surface area contributed by atoms with Crippen LogP contribution in [0, 0.1) is 0 Å². The van der Waals surface area contributed by atoms with E-state index in [1.54, 1.807) is 0 Å². The smallest absolute Gasteiger partial charge is 0.377 e. The first-order chi connectivity index (χ1) is 5.13. The highest BCUT2D eigenvalue weighted by Gasteiger charge is 2.21. The molecule has 0 aliphatic carbocycles. The number of carboxylic acids is 1. The Balaban J connectivity index is 3.16. The zero-order valence-corrected chi connectivity index (χ0v) is 5.14. The van der Waals surface area contributed by atoms with E-state index in [0.717, 1.165) is 0 Å². The molecule has 1 heterocycles. The standard InChI is InChI=1S/C4H3N3O4/c5-3(8)1-2(4(9)10)11-7-6-1/h(H2,5,8)(H,9,10). The molecule has 0 aliphatic rings. The van der Waals surface area contributed by atoms with E-state index in [9.17, 15) is 9.59 Å². The number of amides is 1. The van der Waals surface area contributed by atoms with E-state index in [4.69, 9.17) is 10.8 Å². The fourth-order valence-corrected chi connectivity index (χ4v) is 0.492. The van der Waals surface area contributed by atoms with Gasteiger partial charge in [-0.3, -0.25) is 4.79 Å². The molecule has 7 heteroatoms. The third-order valence-electron chi connectivity index (χ3n) is 0.916. The third kappa shape index (κ3) is 1.16. The number of carboxylic acid groups (broad SMARTS) is 1. The first-order valence-corrected chi connectivity index (χ1v) is 2.48. The molecule has 0 aliphatic heterocycles. The van der Waals surface area contributed by atoms with Crippen molar-refractivity contribution >= 4 is 11.9 Å². The monoisotopic (exact) mass is 157 g/mol. The maximum atomic E-state index is 10.4. The molecule has 3 N–H and O–H groups in total. The molecule has 58 valence electrons. The Morgan fingerprint density at radius 1 is 1.55 bits per heavy atom. The third-order valence-corrected chi connectivity index (χ3v) is 0.916. The summed E-state index contributed by atoms with van der Waals surface area (Å²) >= 11 is 0. The van der Waals surface area contributed by atoms with Gasteiger partial charge in [-0.25, -0.2) is 4.79 Å². The Bertz CT molecular complexity index is 276. The van der Waals surface area contributed by atoms with E-state index in [2.05, 4.69) is 14.9 Å². The van der Waals surface area contributed by atoms with Gasteiger partial charge in [-0.05, 0) is 0 Å². The fourth-order valence-electron chi connectivity index (χ4n) is 0.492. The summed E-state index contributed by atoms with van der Waals surface area (Å²) in [7, 11) is 0. The summed E-state index contributed by atoms with van der Waals surface area (Å²) in [6, 6.07) is 0. The number of hydrogen-bond donors (Lipinski definition) is 2. The van der Waals surface area contributed by atoms with E-state index in [0.29, 0.717) is 0 Å². The summed E-state index contributed by atoms with van der Waals surface area (Å²) < 4.78 is 4.13. The lowest BCUT2D eigenvalue weighted by Crippen LogP contribution is -2.15. The summed E-state index contributed by atoms with van der Waals surface area (Å²) in [5, 5.41) is 14.2. The molecule has 1 aromatic heterocycles. The van der Waals surface area contributed by atoms with Gasteiger partial charge < -0.3 is 15.4 Å². The number of nitrogens with two attached hydrogens (primary N) is 1. The number of primary amides is 1. The minimum Gasteiger partial charge on any atom is -0.475 e. The van der Waals surface area contributed by atoms with Crippen LogP contribution in [0.5, 0.6) is 0 Å². The van der Waals surface area contributed by atoms with E-state index >= 15 is 0 Å². The maximum Gasteiger partial charge on any atom is 0.377 e. The molecule has 0 atom stereocenters. The molecule has 0 aromatic carbocycles. The predicted molar refractivity (Wildman–Crippen MR) is 29.8 cm³/mol. The molecule has 0 fully saturated rings. The Hall–Kier alpha value is -1.92. The first kappa shape index (κ1) is 7.19. The highest BCUT2D eigenvalue weighted by Crippen LogP contribution is 2.02. The molecule has 11 heavy (non-hydrogen) atoms. The number of carbonyl (C=O) groups is 2. The zero-order chi connectivity index (χ0) is 8.43. The largest absolute Gasteiger partial charge is 0.475 e. The van der Waals surface area contributed by atoms with Gasteiger partial charge >= 0.3 is 5.97 Å². The molecule has 0 unspecified atom stereocenters. The second kappa shape index (κ2) is 2.37. The fraction of sp³-hybridized carbons (Fsp3) is 0. The molecule has 1 amide bonds. The van der Waals surface area contributed by atoms with Gasteiger partial charge in [0.1, 0.15) is 0 Å². The van der Waals surface area contributed by atoms with Crippen molar-refractivity contribution in [2.24, 2.45) is 5.73 Å². The molecule has 0 saturated heterocycles. The van der Waals surface area contributed by atoms with Gasteiger partial charge in [0.25, 0.3) is 11.7 Å². The van der Waals surface area contributed by atoms with Crippen LogP contribution in [0.15, 0.2) is 4.52 Å². The summed E-state index contributed by atoms with van der Waals surface area (Å²) in [4.78, 5) is 20.6. The average molecular weight is 157 g/mol. The van der Waals surface area contributed by atoms with Crippen molar-refractivity contribution in [3.8, 4) is 0 Å². The van der Waals surface area contributed by atoms with Crippen molar-refractivity contribution in [2.75, 3.05) is 0 Å². The SMILES string of the molecule is NC(=O)c1nnoc1C(=O)O. The van der Waals surface area contributed by atoms with E-state index < -0.39 is 23.3 Å². The molecule has 0 radical (unpaired) electrons. The number of hydrogen-bond acceptors (Lipinski definition) is 5. The number of rotatable bonds is 2. The lowest BCUT2D eigenvalue weighted by atomic mass is 10.3. The minimum atomic E-state index is -1.43. The van der Waals surface area contributed by atoms with E-state index in [-0.39, 0.29) is 0 Å². The van der Waals surface area contributed by atoms with Gasteiger partial charge in [0, 0.05) is 5.27 Å². The van der Waals surface area contributed by atoms with Crippen molar-refractivity contribution in [3.05, 3.63) is 11.5 Å². The number of carbonyl (C=O) groups excluding carboxylic acids is 1. The molecule has 0 saturated carbocycles. The van der Waals surface area contributed by atoms with Gasteiger partial charge in [0.05, 0.1) is 0 Å². The highest BCUT2D eigenvalue weighted by molar-refractivity contribution is 6.00. The Kier molecular flexibility index (Phi) is 1.55. The maximum absolute atomic E-state index is 10.4. The molecule has 0 bridgehead atoms. The van der Waals surface area contributed by atoms with Gasteiger partial charge in [-0.1, -0.05) is 0 Å². The quantitative estimate of drug-likeness (QED) is 0.560. The normalized spacial score (nSPS) is 9.45. The van der Waals surface area contributed by atoms with Crippen LogP contribution in [0.25, 0.3) is 0 Å². The summed E-state index contributed by atoms with van der Waals surface area (Å²) in [6.07, 6.45) is 0. The van der Waals surface area contributed by atoms with Crippen LogP contribution in [-0.2, 0) is 0 Å². The highest BCUT2D eigenvalue weighted by atomic mass is 16.5. The van der Waals surface area contributed by atoms with Crippen LogP contribution in [0.3, 0.4) is 0 Å². The molecule has 1 aromatic rings. The van der Waals surface area contributed by atoms with Crippen molar-refractivity contribution < 1.29 is 19.2 Å². The van der Waals surface area contributed by atoms with Crippen LogP contribution >= 0.6 is 0 Å². The lowest BCUT2D eigenvalue weighted by molar-refractivity contribution is 0.0646. The Labute approximate surface area is 59.8 Å². The summed E-state index contributed by atoms with van der Waals surface area (Å²) in [5.41, 5.74) is 4.26. The summed E-state index contributed by atoms with van der Waals surface area (Å²) in [5.74, 6) is -3.05. The van der Waals surface area contributed by atoms with Crippen molar-refractivity contribution in [2.45, 2.75) is 0 Å². The van der Waals surface area contributed by atoms with Gasteiger partial charge in [0.15, 0.2) is 0 Å². The Morgan fingerprint density at radius 2 is 2.18 bits per heavy atom. The van der Waals surface area contributed by atoms with Crippen LogP contribution in [0.4, 0.5) is 0 Å². The second-order valence-corrected chi connectivity index (χ2v) is 1.62. The second-order valence-electron chi connectivity index (χ2n) is 1.62. The summed E-state index contributed by atoms with van der Waals surface area (Å²) in [6.45, 7) is 0. The van der Waals surface area contributed by atoms with Crippen LogP contribution in [-0.4, -0.2) is 27.4 Å². The van der Waals surface area contributed by atoms with Crippen molar-refractivity contribution in [3.63, 3.8) is 0 Å². The topological polar surface area (TPSA) is 119 Å². The number of aromatic nitrogens is 2. The zero-order valence-electron chi connectivity index (χ0n) is 5.14. The van der Waals surface area contributed by atoms with E-state index in [1.165, 1.54) is 0 Å². The molecule has 7 nitrogen and oxygen atoms in total. The first-order valence-electron chi connectivity index (χ1n) is 2.48. The molecule has 1 rings (SSSR count). The van der Waals surface area contributed by atoms with Gasteiger partial charge in [-0.15, -0.1) is 5.10 Å². The Morgan fingerprint density at radius 3 is 2.55 bits per heavy atom. The van der Waals surface area contributed by atoms with Crippen molar-refractivity contribution in [1.82, 2.24) is 10.4 Å². The molecule has 0 spiro atoms. The van der Waals surface area contributed by atoms with Crippen LogP contribution in [0.1, 0.15) is 21.0 Å². The van der Waals surface area contributed by atoms with Gasteiger partial charge in [-0.2, -0.15) is 0 Å². The van der Waals surface area contributed by atoms with Crippen LogP contribution in [0.2, 0.25) is 0 Å². The van der Waals surface area contributed by atoms with E-state index in [1.807, 2.05) is 0 Å². The lowest BCUT2D eigenvalue weighted by Gasteiger charge is -1.85. The predicted octanol–water partition coefficient (Wildman–Crippen LogP) is -1.13. The number of nitrogens with zero attached hydrogens (tertiary/aromatic N) is 2. The molecular weight excluding hydrogens is 154 g/mol. The minimum absolute atomic E-state index is 0.475. The van der Waals surface area contributed by atoms with Gasteiger partial charge in [0.2, 0.25) is 5.69 Å². The van der Waals surface area contributed by atoms with Crippen LogP contribution < -0.4 is 5.73 Å².